The predicted octanol–water partition coefficient (Wildman–Crippen LogP) is -0.586. The molecule has 0 fully saturated rings. The van der Waals surface area contributed by atoms with E-state index in [0.29, 0.717) is 0 Å². The Labute approximate surface area is 47.2 Å². The van der Waals surface area contributed by atoms with Crippen molar-refractivity contribution in [2.45, 2.75) is 0 Å². The Bertz CT molecular complexity index is 8.75. The monoisotopic (exact) mass is 167 g/mol. The summed E-state index contributed by atoms with van der Waals surface area (Å²) in [6.45, 7) is 0. The lowest BCUT2D eigenvalue weighted by atomic mass is 14.0. The molecule has 13 N–H and O–H groups in total. The molecule has 0 radical (unpaired) electrons. The molecule has 0 aliphatic rings. The van der Waals surface area contributed by atoms with Gasteiger partial charge in [-0.25, -0.2) is 0 Å². The molecule has 6 heteroatoms. The van der Waals surface area contributed by atoms with E-state index < -0.39 is 0 Å². The smallest absolute Gasteiger partial charge is 0.114 e. The second-order valence-electron chi connectivity index (χ2n) is 0. The topological polar surface area (TPSA) is 168 Å². The summed E-state index contributed by atoms with van der Waals surface area (Å²) in [5.74, 6) is 0. The average Bonchev–Trinajstić information content (AvgIpc) is 0. The highest BCUT2D eigenvalue weighted by Crippen LogP contribution is 0.846. The maximum Gasteiger partial charge on any atom is -0.114 e. The molecule has 6 heavy (non-hydrogen) atoms. The van der Waals surface area contributed by atoms with Crippen LogP contribution in [0.5, 0.6) is 0 Å². The molecular formula is H14BrN3O2. The normalized spacial score (nSPS) is 0. The second kappa shape index (κ2) is 1230. The molecule has 0 aliphatic heterocycles. The van der Waals surface area contributed by atoms with Crippen molar-refractivity contribution >= 4 is 17.0 Å². The van der Waals surface area contributed by atoms with E-state index in [1.165, 1.54) is 0 Å². The lowest BCUT2D eigenvalue weighted by Crippen LogP contribution is -0.482. The van der Waals surface area contributed by atoms with Crippen LogP contribution in [0.25, 0.3) is 0 Å². The van der Waals surface area contributed by atoms with Crippen LogP contribution in [0, 0.1) is 0 Å². The lowest BCUT2D eigenvalue weighted by molar-refractivity contribution is 0.823. The van der Waals surface area contributed by atoms with E-state index in [1.807, 2.05) is 0 Å². The van der Waals surface area contributed by atoms with Crippen molar-refractivity contribution in [3.63, 3.8) is 0 Å². The van der Waals surface area contributed by atoms with Crippen molar-refractivity contribution in [2.75, 3.05) is 0 Å². The second-order valence-corrected chi connectivity index (χ2v) is 0. The molecule has 0 aliphatic carbocycles. The Morgan fingerprint density at radius 1 is 0.500 bits per heavy atom. The molecule has 0 spiro atoms. The standard InChI is InChI=1S/BrH.3H3N.2H2O/h1H;3*1H3;2*1H2. The molecule has 0 unspecified atom stereocenters. The quantitative estimate of drug-likeness (QED) is 0.440. The Kier molecular flexibility index (Phi) is 459000. The highest BCUT2D eigenvalue weighted by molar-refractivity contribution is 8.93. The molecule has 0 saturated heterocycles. The van der Waals surface area contributed by atoms with Gasteiger partial charge < -0.3 is 29.4 Å². The molecule has 0 rings (SSSR count). The molecule has 5 nitrogen and oxygen atoms in total. The molecule has 0 amide bonds. The van der Waals surface area contributed by atoms with Crippen LogP contribution in [0.1, 0.15) is 0 Å². The fourth-order valence-electron chi connectivity index (χ4n) is 0. The van der Waals surface area contributed by atoms with Crippen LogP contribution < -0.4 is 18.5 Å². The minimum absolute atomic E-state index is 0. The first-order chi connectivity index (χ1) is 0. The zero-order valence-corrected chi connectivity index (χ0v) is 5.24. The summed E-state index contributed by atoms with van der Waals surface area (Å²) in [4.78, 5) is 0. The Hall–Kier alpha value is 0.280. The van der Waals surface area contributed by atoms with Gasteiger partial charge in [0.2, 0.25) is 0 Å². The largest absolute Gasteiger partial charge is 0.412 e. The van der Waals surface area contributed by atoms with Crippen LogP contribution in [-0.4, -0.2) is 11.0 Å². The van der Waals surface area contributed by atoms with Crippen molar-refractivity contribution in [3.05, 3.63) is 0 Å². The first-order valence-corrected chi connectivity index (χ1v) is 0. The van der Waals surface area contributed by atoms with Gasteiger partial charge in [-0.15, -0.1) is 17.0 Å². The molecule has 0 aromatic rings. The van der Waals surface area contributed by atoms with Crippen molar-refractivity contribution < 1.29 is 11.0 Å². The summed E-state index contributed by atoms with van der Waals surface area (Å²) in [5, 5.41) is 0. The van der Waals surface area contributed by atoms with Gasteiger partial charge in [-0.3, -0.25) is 0 Å². The first-order valence-electron chi connectivity index (χ1n) is 0. The molecule has 0 bridgehead atoms. The Balaban J connectivity index is 0. The van der Waals surface area contributed by atoms with Crippen LogP contribution in [0.2, 0.25) is 0 Å². The van der Waals surface area contributed by atoms with Gasteiger partial charge in [-0.1, -0.05) is 0 Å². The van der Waals surface area contributed by atoms with Crippen LogP contribution in [-0.2, 0) is 0 Å². The van der Waals surface area contributed by atoms with E-state index in [0.717, 1.165) is 0 Å². The maximum absolute atomic E-state index is 0. The highest BCUT2D eigenvalue weighted by Gasteiger charge is -0.114. The minimum Gasteiger partial charge on any atom is -0.412 e. The Morgan fingerprint density at radius 3 is 0.500 bits per heavy atom. The summed E-state index contributed by atoms with van der Waals surface area (Å²) < 4.78 is 0. The zero-order chi connectivity index (χ0) is 0. The number of halogens is 1. The van der Waals surface area contributed by atoms with Crippen molar-refractivity contribution in [2.24, 2.45) is 0 Å². The fourth-order valence-corrected chi connectivity index (χ4v) is 0. The van der Waals surface area contributed by atoms with Crippen molar-refractivity contribution in [1.29, 1.82) is 0 Å². The molecular weight excluding hydrogens is 154 g/mol. The third kappa shape index (κ3) is 587. The van der Waals surface area contributed by atoms with Gasteiger partial charge in [-0.05, 0) is 0 Å². The first kappa shape index (κ1) is 2230. The Morgan fingerprint density at radius 2 is 0.500 bits per heavy atom. The summed E-state index contributed by atoms with van der Waals surface area (Å²) in [7, 11) is 0. The highest BCUT2D eigenvalue weighted by atomic mass is 79.9. The van der Waals surface area contributed by atoms with Gasteiger partial charge in [0.15, 0.2) is 0 Å². The molecule has 48 valence electrons. The van der Waals surface area contributed by atoms with E-state index in [9.17, 15) is 0 Å². The molecule has 0 saturated carbocycles. The molecule has 0 heterocycles. The zero-order valence-electron chi connectivity index (χ0n) is 3.53. The van der Waals surface area contributed by atoms with Crippen LogP contribution in [0.3, 0.4) is 0 Å². The van der Waals surface area contributed by atoms with E-state index >= 15 is 0 Å². The third-order valence-electron chi connectivity index (χ3n) is 0. The summed E-state index contributed by atoms with van der Waals surface area (Å²) in [5.41, 5.74) is 0. The van der Waals surface area contributed by atoms with E-state index in [1.54, 1.807) is 0 Å². The van der Waals surface area contributed by atoms with E-state index in [4.69, 9.17) is 0 Å². The fraction of sp³-hybridized carbons (Fsp3) is 0. The van der Waals surface area contributed by atoms with Crippen LogP contribution in [0.15, 0.2) is 0 Å². The third-order valence-corrected chi connectivity index (χ3v) is 0. The van der Waals surface area contributed by atoms with Crippen LogP contribution in [0.4, 0.5) is 0 Å². The number of hydrogen-bond acceptors (Lipinski definition) is 3. The van der Waals surface area contributed by atoms with Crippen LogP contribution >= 0.6 is 17.0 Å². The van der Waals surface area contributed by atoms with Gasteiger partial charge in [0, 0.05) is 0 Å². The van der Waals surface area contributed by atoms with E-state index in [2.05, 4.69) is 0 Å². The van der Waals surface area contributed by atoms with Gasteiger partial charge in [0.25, 0.3) is 0 Å². The summed E-state index contributed by atoms with van der Waals surface area (Å²) in [6, 6.07) is 0. The van der Waals surface area contributed by atoms with Gasteiger partial charge >= 0.3 is 0 Å². The van der Waals surface area contributed by atoms with Gasteiger partial charge in [-0.2, -0.15) is 0 Å². The molecule has 0 aromatic carbocycles. The maximum atomic E-state index is 0. The van der Waals surface area contributed by atoms with E-state index in [-0.39, 0.29) is 46.4 Å². The van der Waals surface area contributed by atoms with Gasteiger partial charge in [0.1, 0.15) is 0 Å². The van der Waals surface area contributed by atoms with Crippen molar-refractivity contribution in [1.82, 2.24) is 18.5 Å². The van der Waals surface area contributed by atoms with Crippen molar-refractivity contribution in [3.8, 4) is 0 Å². The molecule has 0 atom stereocenters. The molecule has 0 aromatic heterocycles. The summed E-state index contributed by atoms with van der Waals surface area (Å²) >= 11 is 0. The van der Waals surface area contributed by atoms with Gasteiger partial charge in [0.05, 0.1) is 0 Å². The lowest BCUT2D eigenvalue weighted by Gasteiger charge is -0.413. The predicted molar refractivity (Wildman–Crippen MR) is 32.6 cm³/mol. The number of hydrogen-bond donors (Lipinski definition) is 3. The SMILES string of the molecule is Br.N.N.N.O.O. The minimum atomic E-state index is 0. The number of rotatable bonds is 0. The average molecular weight is 168 g/mol. The summed E-state index contributed by atoms with van der Waals surface area (Å²) in [6.07, 6.45) is 0.